The van der Waals surface area contributed by atoms with Gasteiger partial charge in [-0.2, -0.15) is 0 Å². The molecule has 3 aromatic carbocycles. The van der Waals surface area contributed by atoms with Crippen LogP contribution in [0.25, 0.3) is 0 Å². The lowest BCUT2D eigenvalue weighted by Crippen LogP contribution is -2.37. The van der Waals surface area contributed by atoms with Crippen molar-refractivity contribution in [3.8, 4) is 0 Å². The smallest absolute Gasteiger partial charge is 0.126 e. The van der Waals surface area contributed by atoms with Crippen LogP contribution in [-0.4, -0.2) is 17.3 Å². The van der Waals surface area contributed by atoms with Crippen LogP contribution in [0.4, 0.5) is 5.69 Å². The van der Waals surface area contributed by atoms with E-state index in [0.29, 0.717) is 22.9 Å². The molecule has 1 saturated heterocycles. The fourth-order valence-electron chi connectivity index (χ4n) is 3.79. The Kier molecular flexibility index (Phi) is 5.61. The van der Waals surface area contributed by atoms with Crippen LogP contribution in [-0.2, 0) is 11.3 Å². The zero-order chi connectivity index (χ0) is 19.6. The zero-order valence-corrected chi connectivity index (χ0v) is 16.8. The molecule has 0 aromatic heterocycles. The standard InChI is InChI=1S/C23H21Cl2NO2/c24-20-13-7-12-19(22(20)25)21-15-23(16-27,14-17-8-3-1-4-9-17)28-26(21)18-10-5-2-6-11-18/h1-13,21,27H,14-16H2/t21-,23-/m0/s1. The second-order valence-electron chi connectivity index (χ2n) is 7.12. The lowest BCUT2D eigenvalue weighted by Gasteiger charge is -2.28. The second-order valence-corrected chi connectivity index (χ2v) is 7.90. The van der Waals surface area contributed by atoms with Crippen LogP contribution in [0.3, 0.4) is 0 Å². The van der Waals surface area contributed by atoms with E-state index in [2.05, 4.69) is 0 Å². The molecule has 4 rings (SSSR count). The molecule has 1 aliphatic heterocycles. The molecule has 0 amide bonds. The Morgan fingerprint density at radius 2 is 1.61 bits per heavy atom. The number of anilines is 1. The van der Waals surface area contributed by atoms with Gasteiger partial charge in [-0.1, -0.05) is 83.9 Å². The van der Waals surface area contributed by atoms with Gasteiger partial charge in [-0.3, -0.25) is 4.84 Å². The lowest BCUT2D eigenvalue weighted by molar-refractivity contribution is -0.0509. The Hall–Kier alpha value is -2.04. The van der Waals surface area contributed by atoms with Gasteiger partial charge in [0.2, 0.25) is 0 Å². The Bertz CT molecular complexity index is 936. The summed E-state index contributed by atoms with van der Waals surface area (Å²) in [6, 6.07) is 25.4. The van der Waals surface area contributed by atoms with Gasteiger partial charge in [-0.05, 0) is 29.3 Å². The van der Waals surface area contributed by atoms with Crippen LogP contribution in [0.15, 0.2) is 78.9 Å². The molecule has 1 aliphatic rings. The van der Waals surface area contributed by atoms with Crippen molar-refractivity contribution in [1.82, 2.24) is 0 Å². The van der Waals surface area contributed by atoms with Gasteiger partial charge in [0, 0.05) is 12.8 Å². The highest BCUT2D eigenvalue weighted by Crippen LogP contribution is 2.47. The van der Waals surface area contributed by atoms with Gasteiger partial charge in [0.25, 0.3) is 0 Å². The molecule has 5 heteroatoms. The van der Waals surface area contributed by atoms with Gasteiger partial charge >= 0.3 is 0 Å². The summed E-state index contributed by atoms with van der Waals surface area (Å²) in [4.78, 5) is 6.43. The first kappa shape index (κ1) is 19.3. The van der Waals surface area contributed by atoms with E-state index >= 15 is 0 Å². The predicted octanol–water partition coefficient (Wildman–Crippen LogP) is 5.85. The number of hydrogen-bond acceptors (Lipinski definition) is 3. The summed E-state index contributed by atoms with van der Waals surface area (Å²) in [6.07, 6.45) is 1.19. The maximum absolute atomic E-state index is 10.3. The number of nitrogens with zero attached hydrogens (tertiary/aromatic N) is 1. The third-order valence-corrected chi connectivity index (χ3v) is 5.98. The van der Waals surface area contributed by atoms with Crippen molar-refractivity contribution in [3.63, 3.8) is 0 Å². The van der Waals surface area contributed by atoms with Gasteiger partial charge in [-0.25, -0.2) is 5.06 Å². The molecule has 3 nitrogen and oxygen atoms in total. The van der Waals surface area contributed by atoms with Gasteiger partial charge in [-0.15, -0.1) is 0 Å². The number of para-hydroxylation sites is 1. The SMILES string of the molecule is OC[C@]1(Cc2ccccc2)C[C@@H](c2cccc(Cl)c2Cl)N(c2ccccc2)O1. The maximum atomic E-state index is 10.3. The highest BCUT2D eigenvalue weighted by atomic mass is 35.5. The van der Waals surface area contributed by atoms with Crippen LogP contribution >= 0.6 is 23.2 Å². The van der Waals surface area contributed by atoms with E-state index in [9.17, 15) is 5.11 Å². The average molecular weight is 414 g/mol. The van der Waals surface area contributed by atoms with Crippen molar-refractivity contribution in [2.45, 2.75) is 24.5 Å². The summed E-state index contributed by atoms with van der Waals surface area (Å²) in [5.41, 5.74) is 2.17. The molecule has 0 bridgehead atoms. The minimum atomic E-state index is -0.743. The first-order chi connectivity index (χ1) is 13.6. The molecule has 1 heterocycles. The number of aliphatic hydroxyl groups is 1. The third-order valence-electron chi connectivity index (χ3n) is 5.15. The molecule has 28 heavy (non-hydrogen) atoms. The Labute approximate surface area is 175 Å². The number of hydroxylamine groups is 1. The summed E-state index contributed by atoms with van der Waals surface area (Å²) in [5.74, 6) is 0. The van der Waals surface area contributed by atoms with E-state index in [1.165, 1.54) is 0 Å². The summed E-state index contributed by atoms with van der Waals surface area (Å²) < 4.78 is 0. The maximum Gasteiger partial charge on any atom is 0.126 e. The van der Waals surface area contributed by atoms with E-state index in [1.54, 1.807) is 6.07 Å². The highest BCUT2D eigenvalue weighted by Gasteiger charge is 2.47. The third kappa shape index (κ3) is 3.76. The van der Waals surface area contributed by atoms with Crippen molar-refractivity contribution >= 4 is 28.9 Å². The second kappa shape index (κ2) is 8.14. The van der Waals surface area contributed by atoms with E-state index < -0.39 is 5.60 Å². The quantitative estimate of drug-likeness (QED) is 0.569. The Morgan fingerprint density at radius 3 is 2.29 bits per heavy atom. The van der Waals surface area contributed by atoms with Crippen molar-refractivity contribution < 1.29 is 9.94 Å². The number of rotatable bonds is 5. The summed E-state index contributed by atoms with van der Waals surface area (Å²) >= 11 is 12.8. The molecule has 0 radical (unpaired) electrons. The molecule has 2 atom stereocenters. The lowest BCUT2D eigenvalue weighted by atomic mass is 9.87. The highest BCUT2D eigenvalue weighted by molar-refractivity contribution is 6.42. The molecule has 0 aliphatic carbocycles. The van der Waals surface area contributed by atoms with Gasteiger partial charge in [0.15, 0.2) is 0 Å². The fraction of sp³-hybridized carbons (Fsp3) is 0.217. The first-order valence-electron chi connectivity index (χ1n) is 9.24. The van der Waals surface area contributed by atoms with E-state index in [4.69, 9.17) is 28.0 Å². The number of hydrogen-bond donors (Lipinski definition) is 1. The Balaban J connectivity index is 1.75. The number of halogens is 2. The largest absolute Gasteiger partial charge is 0.393 e. The van der Waals surface area contributed by atoms with Crippen molar-refractivity contribution in [2.75, 3.05) is 11.7 Å². The van der Waals surface area contributed by atoms with Gasteiger partial charge in [0.1, 0.15) is 5.60 Å². The van der Waals surface area contributed by atoms with Crippen LogP contribution < -0.4 is 5.06 Å². The number of benzene rings is 3. The van der Waals surface area contributed by atoms with Crippen LogP contribution in [0.5, 0.6) is 0 Å². The van der Waals surface area contributed by atoms with E-state index in [1.807, 2.05) is 77.9 Å². The van der Waals surface area contributed by atoms with Crippen LogP contribution in [0.1, 0.15) is 23.6 Å². The van der Waals surface area contributed by atoms with Crippen molar-refractivity contribution in [1.29, 1.82) is 0 Å². The molecule has 1 N–H and O–H groups in total. The summed E-state index contributed by atoms with van der Waals surface area (Å²) in [6.45, 7) is -0.0973. The van der Waals surface area contributed by atoms with Crippen molar-refractivity contribution in [3.05, 3.63) is 100 Å². The van der Waals surface area contributed by atoms with Crippen LogP contribution in [0, 0.1) is 0 Å². The molecule has 1 fully saturated rings. The molecular weight excluding hydrogens is 393 g/mol. The molecule has 3 aromatic rings. The normalized spacial score (nSPS) is 21.8. The molecule has 0 spiro atoms. The average Bonchev–Trinajstić information content (AvgIpc) is 3.11. The monoisotopic (exact) mass is 413 g/mol. The minimum Gasteiger partial charge on any atom is -0.393 e. The molecular formula is C23H21Cl2NO2. The van der Waals surface area contributed by atoms with Crippen molar-refractivity contribution in [2.24, 2.45) is 0 Å². The topological polar surface area (TPSA) is 32.7 Å². The molecule has 0 unspecified atom stereocenters. The molecule has 144 valence electrons. The summed E-state index contributed by atoms with van der Waals surface area (Å²) in [7, 11) is 0. The number of aliphatic hydroxyl groups excluding tert-OH is 1. The van der Waals surface area contributed by atoms with Crippen LogP contribution in [0.2, 0.25) is 10.0 Å². The predicted molar refractivity (Wildman–Crippen MR) is 114 cm³/mol. The van der Waals surface area contributed by atoms with Gasteiger partial charge in [0.05, 0.1) is 28.4 Å². The fourth-order valence-corrected chi connectivity index (χ4v) is 4.22. The molecule has 0 saturated carbocycles. The summed E-state index contributed by atoms with van der Waals surface area (Å²) in [5, 5.41) is 13.2. The Morgan fingerprint density at radius 1 is 0.929 bits per heavy atom. The minimum absolute atomic E-state index is 0.0973. The first-order valence-corrected chi connectivity index (χ1v) is 10.00. The van der Waals surface area contributed by atoms with E-state index in [-0.39, 0.29) is 12.6 Å². The van der Waals surface area contributed by atoms with E-state index in [0.717, 1.165) is 16.8 Å². The zero-order valence-electron chi connectivity index (χ0n) is 15.3. The van der Waals surface area contributed by atoms with Gasteiger partial charge < -0.3 is 5.11 Å².